The van der Waals surface area contributed by atoms with Crippen molar-refractivity contribution >= 4 is 22.6 Å². The molecule has 2 heteroatoms. The van der Waals surface area contributed by atoms with Crippen LogP contribution in [0.15, 0.2) is 0 Å². The van der Waals surface area contributed by atoms with Crippen LogP contribution in [-0.4, -0.2) is 29.0 Å². The second kappa shape index (κ2) is 3.21. The predicted molar refractivity (Wildman–Crippen MR) is 56.2 cm³/mol. The number of hydrogen-bond donors (Lipinski definition) is 0. The molecule has 11 heavy (non-hydrogen) atoms. The Morgan fingerprint density at radius 2 is 1.82 bits per heavy atom. The monoisotopic (exact) mass is 265 g/mol. The Hall–Kier alpha value is 0.690. The summed E-state index contributed by atoms with van der Waals surface area (Å²) in [6.07, 6.45) is 5.87. The molecule has 2 rings (SSSR count). The fourth-order valence-corrected chi connectivity index (χ4v) is 2.93. The molecule has 1 saturated heterocycles. The molecule has 0 aromatic heterocycles. The zero-order chi connectivity index (χ0) is 7.73. The zero-order valence-corrected chi connectivity index (χ0v) is 9.14. The second-order valence-electron chi connectivity index (χ2n) is 4.12. The van der Waals surface area contributed by atoms with Crippen LogP contribution in [0, 0.1) is 5.41 Å². The molecule has 0 atom stereocenters. The Morgan fingerprint density at radius 1 is 1.18 bits per heavy atom. The van der Waals surface area contributed by atoms with E-state index in [1.165, 1.54) is 49.7 Å². The molecule has 0 spiro atoms. The van der Waals surface area contributed by atoms with Crippen LogP contribution >= 0.6 is 22.6 Å². The largest absolute Gasteiger partial charge is 0.303 e. The predicted octanol–water partition coefficient (Wildman–Crippen LogP) is 2.30. The molecule has 1 aliphatic heterocycles. The number of alkyl halides is 1. The molecule has 2 aliphatic rings. The lowest BCUT2D eigenvalue weighted by Crippen LogP contribution is -2.28. The van der Waals surface area contributed by atoms with Gasteiger partial charge in [-0.15, -0.1) is 0 Å². The topological polar surface area (TPSA) is 3.24 Å². The summed E-state index contributed by atoms with van der Waals surface area (Å²) in [4.78, 5) is 2.66. The molecule has 1 saturated carbocycles. The quantitative estimate of drug-likeness (QED) is 0.559. The van der Waals surface area contributed by atoms with Crippen molar-refractivity contribution in [2.75, 3.05) is 24.1 Å². The van der Waals surface area contributed by atoms with Crippen LogP contribution in [0.2, 0.25) is 0 Å². The van der Waals surface area contributed by atoms with Crippen LogP contribution in [0.1, 0.15) is 25.7 Å². The van der Waals surface area contributed by atoms with Gasteiger partial charge in [0.15, 0.2) is 0 Å². The van der Waals surface area contributed by atoms with Crippen molar-refractivity contribution in [3.8, 4) is 0 Å². The summed E-state index contributed by atoms with van der Waals surface area (Å²) in [5, 5.41) is 0. The molecule has 1 aliphatic carbocycles. The maximum absolute atomic E-state index is 2.66. The number of hydrogen-bond acceptors (Lipinski definition) is 1. The Bertz CT molecular complexity index is 136. The SMILES string of the molecule is ICC1(CN2CCCC2)CC1. The Labute approximate surface area is 82.7 Å². The third-order valence-corrected chi connectivity index (χ3v) is 4.62. The van der Waals surface area contributed by atoms with Gasteiger partial charge in [-0.25, -0.2) is 0 Å². The zero-order valence-electron chi connectivity index (χ0n) is 6.98. The van der Waals surface area contributed by atoms with Crippen molar-refractivity contribution in [1.29, 1.82) is 0 Å². The van der Waals surface area contributed by atoms with Crippen molar-refractivity contribution < 1.29 is 0 Å². The van der Waals surface area contributed by atoms with E-state index in [0.29, 0.717) is 0 Å². The normalized spacial score (nSPS) is 29.2. The summed E-state index contributed by atoms with van der Waals surface area (Å²) < 4.78 is 1.38. The third-order valence-electron chi connectivity index (χ3n) is 3.00. The van der Waals surface area contributed by atoms with Crippen LogP contribution in [0.4, 0.5) is 0 Å². The molecule has 0 aromatic rings. The summed E-state index contributed by atoms with van der Waals surface area (Å²) in [5.74, 6) is 0. The minimum Gasteiger partial charge on any atom is -0.303 e. The molecule has 0 N–H and O–H groups in total. The van der Waals surface area contributed by atoms with Crippen LogP contribution in [-0.2, 0) is 0 Å². The van der Waals surface area contributed by atoms with E-state index in [0.717, 1.165) is 5.41 Å². The average Bonchev–Trinajstić information content (AvgIpc) is 2.59. The highest BCUT2D eigenvalue weighted by atomic mass is 127. The van der Waals surface area contributed by atoms with Gasteiger partial charge in [0.1, 0.15) is 0 Å². The van der Waals surface area contributed by atoms with Gasteiger partial charge in [-0.05, 0) is 44.2 Å². The van der Waals surface area contributed by atoms with Crippen LogP contribution in [0.5, 0.6) is 0 Å². The maximum Gasteiger partial charge on any atom is 0.00642 e. The lowest BCUT2D eigenvalue weighted by Gasteiger charge is -2.20. The Morgan fingerprint density at radius 3 is 2.27 bits per heavy atom. The van der Waals surface area contributed by atoms with Gasteiger partial charge in [-0.2, -0.15) is 0 Å². The summed E-state index contributed by atoms with van der Waals surface area (Å²) in [7, 11) is 0. The maximum atomic E-state index is 2.66. The molecule has 0 radical (unpaired) electrons. The highest BCUT2D eigenvalue weighted by Crippen LogP contribution is 2.48. The van der Waals surface area contributed by atoms with Gasteiger partial charge in [0.25, 0.3) is 0 Å². The highest BCUT2D eigenvalue weighted by Gasteiger charge is 2.42. The summed E-state index contributed by atoms with van der Waals surface area (Å²) >= 11 is 2.55. The van der Waals surface area contributed by atoms with Crippen LogP contribution < -0.4 is 0 Å². The fourth-order valence-electron chi connectivity index (χ4n) is 1.93. The molecule has 2 fully saturated rings. The highest BCUT2D eigenvalue weighted by molar-refractivity contribution is 14.1. The van der Waals surface area contributed by atoms with Crippen molar-refractivity contribution in [2.45, 2.75) is 25.7 Å². The first-order valence-electron chi connectivity index (χ1n) is 4.63. The van der Waals surface area contributed by atoms with Crippen molar-refractivity contribution in [1.82, 2.24) is 4.90 Å². The fraction of sp³-hybridized carbons (Fsp3) is 1.00. The number of likely N-dealkylation sites (tertiary alicyclic amines) is 1. The second-order valence-corrected chi connectivity index (χ2v) is 4.88. The molecule has 0 aromatic carbocycles. The van der Waals surface area contributed by atoms with E-state index in [-0.39, 0.29) is 0 Å². The Balaban J connectivity index is 1.80. The van der Waals surface area contributed by atoms with E-state index in [1.54, 1.807) is 0 Å². The van der Waals surface area contributed by atoms with Gasteiger partial charge >= 0.3 is 0 Å². The number of halogens is 1. The first-order valence-corrected chi connectivity index (χ1v) is 6.16. The van der Waals surface area contributed by atoms with E-state index >= 15 is 0 Å². The average molecular weight is 265 g/mol. The van der Waals surface area contributed by atoms with E-state index < -0.39 is 0 Å². The van der Waals surface area contributed by atoms with E-state index in [9.17, 15) is 0 Å². The van der Waals surface area contributed by atoms with Crippen molar-refractivity contribution in [2.24, 2.45) is 5.41 Å². The van der Waals surface area contributed by atoms with Crippen molar-refractivity contribution in [3.63, 3.8) is 0 Å². The summed E-state index contributed by atoms with van der Waals surface area (Å²) in [6, 6.07) is 0. The van der Waals surface area contributed by atoms with Crippen LogP contribution in [0.25, 0.3) is 0 Å². The molecule has 64 valence electrons. The molecule has 1 heterocycles. The van der Waals surface area contributed by atoms with E-state index in [1.807, 2.05) is 0 Å². The van der Waals surface area contributed by atoms with Gasteiger partial charge in [-0.3, -0.25) is 0 Å². The van der Waals surface area contributed by atoms with Gasteiger partial charge in [0.2, 0.25) is 0 Å². The molecular formula is C9H16IN. The molecule has 1 nitrogen and oxygen atoms in total. The van der Waals surface area contributed by atoms with E-state index in [4.69, 9.17) is 0 Å². The van der Waals surface area contributed by atoms with Gasteiger partial charge in [0, 0.05) is 11.0 Å². The minimum absolute atomic E-state index is 0.769. The number of nitrogens with zero attached hydrogens (tertiary/aromatic N) is 1. The summed E-state index contributed by atoms with van der Waals surface area (Å²) in [6.45, 7) is 4.15. The smallest absolute Gasteiger partial charge is 0.00642 e. The Kier molecular flexibility index (Phi) is 2.42. The van der Waals surface area contributed by atoms with Gasteiger partial charge in [0.05, 0.1) is 0 Å². The van der Waals surface area contributed by atoms with Gasteiger partial charge in [-0.1, -0.05) is 22.6 Å². The first kappa shape index (κ1) is 8.30. The first-order chi connectivity index (χ1) is 5.35. The minimum atomic E-state index is 0.769. The van der Waals surface area contributed by atoms with E-state index in [2.05, 4.69) is 27.5 Å². The molecular weight excluding hydrogens is 249 g/mol. The molecule has 0 unspecified atom stereocenters. The van der Waals surface area contributed by atoms with Crippen molar-refractivity contribution in [3.05, 3.63) is 0 Å². The van der Waals surface area contributed by atoms with Gasteiger partial charge < -0.3 is 4.90 Å². The third kappa shape index (κ3) is 1.89. The summed E-state index contributed by atoms with van der Waals surface area (Å²) in [5.41, 5.74) is 0.769. The molecule has 0 amide bonds. The lowest BCUT2D eigenvalue weighted by molar-refractivity contribution is 0.281. The standard InChI is InChI=1S/C9H16IN/c10-7-9(3-4-9)8-11-5-1-2-6-11/h1-8H2. The molecule has 0 bridgehead atoms. The van der Waals surface area contributed by atoms with Crippen LogP contribution in [0.3, 0.4) is 0 Å². The number of rotatable bonds is 3. The lowest BCUT2D eigenvalue weighted by atomic mass is 10.1.